The number of hydrogen-bond acceptors (Lipinski definition) is 2. The molecule has 3 nitrogen and oxygen atoms in total. The van der Waals surface area contributed by atoms with E-state index in [4.69, 9.17) is 21.3 Å². The third-order valence-corrected chi connectivity index (χ3v) is 5.51. The maximum atomic E-state index is 5.92. The fraction of sp³-hybridized carbons (Fsp3) is 0.409. The standard InChI is InChI=1S/C22H25ClN2O/c23-18-11-13-19(14-12-18)26-16-6-15-25-21-10-5-4-9-20(21)24-22(25)17-7-2-1-3-8-17/h4-5,9-14,17H,1-3,6-8,15-16H2. The molecule has 0 radical (unpaired) electrons. The number of aryl methyl sites for hydroxylation is 1. The van der Waals surface area contributed by atoms with E-state index in [1.807, 2.05) is 24.3 Å². The van der Waals surface area contributed by atoms with E-state index in [9.17, 15) is 0 Å². The van der Waals surface area contributed by atoms with Crippen LogP contribution in [-0.2, 0) is 6.54 Å². The van der Waals surface area contributed by atoms with Crippen LogP contribution in [0.4, 0.5) is 0 Å². The zero-order valence-electron chi connectivity index (χ0n) is 15.0. The van der Waals surface area contributed by atoms with Crippen molar-refractivity contribution in [1.29, 1.82) is 0 Å². The van der Waals surface area contributed by atoms with Crippen molar-refractivity contribution < 1.29 is 4.74 Å². The highest BCUT2D eigenvalue weighted by molar-refractivity contribution is 6.30. The van der Waals surface area contributed by atoms with Crippen LogP contribution in [0.5, 0.6) is 5.75 Å². The van der Waals surface area contributed by atoms with Crippen LogP contribution in [0.2, 0.25) is 5.02 Å². The minimum absolute atomic E-state index is 0.605. The smallest absolute Gasteiger partial charge is 0.119 e. The van der Waals surface area contributed by atoms with Crippen LogP contribution in [0.25, 0.3) is 11.0 Å². The summed E-state index contributed by atoms with van der Waals surface area (Å²) in [5, 5.41) is 0.736. The van der Waals surface area contributed by atoms with Crippen LogP contribution in [0.3, 0.4) is 0 Å². The summed E-state index contributed by atoms with van der Waals surface area (Å²) in [6.45, 7) is 1.64. The van der Waals surface area contributed by atoms with Gasteiger partial charge in [-0.05, 0) is 55.7 Å². The summed E-state index contributed by atoms with van der Waals surface area (Å²) in [5.74, 6) is 2.75. The van der Waals surface area contributed by atoms with E-state index in [1.165, 1.54) is 43.4 Å². The van der Waals surface area contributed by atoms with Crippen molar-refractivity contribution in [2.45, 2.75) is 51.0 Å². The van der Waals surface area contributed by atoms with Gasteiger partial charge in [0, 0.05) is 17.5 Å². The first-order valence-corrected chi connectivity index (χ1v) is 10.0. The first kappa shape index (κ1) is 17.4. The molecule has 0 bridgehead atoms. The molecule has 0 amide bonds. The van der Waals surface area contributed by atoms with E-state index in [2.05, 4.69) is 28.8 Å². The first-order chi connectivity index (χ1) is 12.8. The highest BCUT2D eigenvalue weighted by Crippen LogP contribution is 2.34. The minimum atomic E-state index is 0.605. The highest BCUT2D eigenvalue weighted by Gasteiger charge is 2.22. The molecule has 0 aliphatic heterocycles. The van der Waals surface area contributed by atoms with Gasteiger partial charge in [-0.15, -0.1) is 0 Å². The number of rotatable bonds is 6. The summed E-state index contributed by atoms with van der Waals surface area (Å²) in [6.07, 6.45) is 7.52. The van der Waals surface area contributed by atoms with Crippen molar-refractivity contribution in [2.75, 3.05) is 6.61 Å². The topological polar surface area (TPSA) is 27.1 Å². The fourth-order valence-corrected chi connectivity index (χ4v) is 4.07. The van der Waals surface area contributed by atoms with Gasteiger partial charge in [-0.1, -0.05) is 43.0 Å². The molecule has 1 aromatic heterocycles. The predicted octanol–water partition coefficient (Wildman–Crippen LogP) is 6.21. The Labute approximate surface area is 160 Å². The van der Waals surface area contributed by atoms with Gasteiger partial charge in [0.25, 0.3) is 0 Å². The lowest BCUT2D eigenvalue weighted by atomic mass is 9.88. The number of benzene rings is 2. The quantitative estimate of drug-likeness (QED) is 0.484. The number of halogens is 1. The van der Waals surface area contributed by atoms with E-state index < -0.39 is 0 Å². The van der Waals surface area contributed by atoms with E-state index in [0.717, 1.165) is 29.3 Å². The number of fused-ring (bicyclic) bond motifs is 1. The maximum absolute atomic E-state index is 5.92. The van der Waals surface area contributed by atoms with Gasteiger partial charge in [-0.2, -0.15) is 0 Å². The van der Waals surface area contributed by atoms with Gasteiger partial charge in [0.05, 0.1) is 17.6 Å². The zero-order valence-corrected chi connectivity index (χ0v) is 15.8. The van der Waals surface area contributed by atoms with Gasteiger partial charge in [0.2, 0.25) is 0 Å². The fourth-order valence-electron chi connectivity index (χ4n) is 3.95. The lowest BCUT2D eigenvalue weighted by Crippen LogP contribution is -2.13. The van der Waals surface area contributed by atoms with E-state index in [-0.39, 0.29) is 0 Å². The predicted molar refractivity (Wildman–Crippen MR) is 107 cm³/mol. The van der Waals surface area contributed by atoms with Crippen molar-refractivity contribution in [1.82, 2.24) is 9.55 Å². The summed E-state index contributed by atoms with van der Waals surface area (Å²) < 4.78 is 8.29. The molecule has 2 aromatic carbocycles. The number of aromatic nitrogens is 2. The van der Waals surface area contributed by atoms with E-state index >= 15 is 0 Å². The van der Waals surface area contributed by atoms with Crippen LogP contribution in [0, 0.1) is 0 Å². The van der Waals surface area contributed by atoms with Gasteiger partial charge in [0.1, 0.15) is 11.6 Å². The highest BCUT2D eigenvalue weighted by atomic mass is 35.5. The second kappa shape index (κ2) is 8.13. The first-order valence-electron chi connectivity index (χ1n) is 9.65. The summed E-state index contributed by atoms with van der Waals surface area (Å²) in [4.78, 5) is 4.99. The van der Waals surface area contributed by atoms with Gasteiger partial charge in [-0.25, -0.2) is 4.98 Å². The van der Waals surface area contributed by atoms with Crippen molar-refractivity contribution in [3.63, 3.8) is 0 Å². The largest absolute Gasteiger partial charge is 0.494 e. The summed E-state index contributed by atoms with van der Waals surface area (Å²) in [7, 11) is 0. The maximum Gasteiger partial charge on any atom is 0.119 e. The molecule has 1 aliphatic rings. The third-order valence-electron chi connectivity index (χ3n) is 5.26. The van der Waals surface area contributed by atoms with Crippen LogP contribution in [0.1, 0.15) is 50.3 Å². The normalized spacial score (nSPS) is 15.4. The average molecular weight is 369 g/mol. The van der Waals surface area contributed by atoms with Crippen LogP contribution >= 0.6 is 11.6 Å². The molecule has 1 heterocycles. The molecule has 1 aliphatic carbocycles. The molecule has 1 fully saturated rings. The van der Waals surface area contributed by atoms with Crippen molar-refractivity contribution in [3.05, 3.63) is 59.4 Å². The van der Waals surface area contributed by atoms with Gasteiger partial charge < -0.3 is 9.30 Å². The number of ether oxygens (including phenoxy) is 1. The SMILES string of the molecule is Clc1ccc(OCCCn2c(C3CCCCC3)nc3ccccc32)cc1. The summed E-state index contributed by atoms with van der Waals surface area (Å²) in [5.41, 5.74) is 2.37. The molecule has 136 valence electrons. The van der Waals surface area contributed by atoms with Crippen LogP contribution in [0.15, 0.2) is 48.5 Å². The average Bonchev–Trinajstić information content (AvgIpc) is 3.06. The molecule has 0 N–H and O–H groups in total. The molecule has 4 rings (SSSR count). The van der Waals surface area contributed by atoms with Crippen LogP contribution < -0.4 is 4.74 Å². The second-order valence-electron chi connectivity index (χ2n) is 7.10. The molecule has 26 heavy (non-hydrogen) atoms. The molecule has 3 aromatic rings. The third kappa shape index (κ3) is 3.88. The molecule has 1 saturated carbocycles. The Balaban J connectivity index is 1.46. The van der Waals surface area contributed by atoms with Crippen LogP contribution in [-0.4, -0.2) is 16.2 Å². The monoisotopic (exact) mass is 368 g/mol. The van der Waals surface area contributed by atoms with Crippen molar-refractivity contribution in [3.8, 4) is 5.75 Å². The molecule has 0 saturated heterocycles. The lowest BCUT2D eigenvalue weighted by Gasteiger charge is -2.22. The zero-order chi connectivity index (χ0) is 17.8. The molecule has 4 heteroatoms. The van der Waals surface area contributed by atoms with Gasteiger partial charge >= 0.3 is 0 Å². The number of hydrogen-bond donors (Lipinski definition) is 0. The molecule has 0 atom stereocenters. The minimum Gasteiger partial charge on any atom is -0.494 e. The Kier molecular flexibility index (Phi) is 5.45. The van der Waals surface area contributed by atoms with Crippen molar-refractivity contribution in [2.24, 2.45) is 0 Å². The van der Waals surface area contributed by atoms with Crippen molar-refractivity contribution >= 4 is 22.6 Å². The number of imidazole rings is 1. The van der Waals surface area contributed by atoms with E-state index in [0.29, 0.717) is 12.5 Å². The Hall–Kier alpha value is -2.00. The Morgan fingerprint density at radius 1 is 1.00 bits per heavy atom. The lowest BCUT2D eigenvalue weighted by molar-refractivity contribution is 0.300. The molecule has 0 unspecified atom stereocenters. The summed E-state index contributed by atoms with van der Waals surface area (Å²) >= 11 is 5.92. The van der Waals surface area contributed by atoms with Gasteiger partial charge in [-0.3, -0.25) is 0 Å². The number of nitrogens with zero attached hydrogens (tertiary/aromatic N) is 2. The molecule has 0 spiro atoms. The van der Waals surface area contributed by atoms with Gasteiger partial charge in [0.15, 0.2) is 0 Å². The Morgan fingerprint density at radius 3 is 2.58 bits per heavy atom. The Bertz CT molecular complexity index is 850. The second-order valence-corrected chi connectivity index (χ2v) is 7.54. The molecular formula is C22H25ClN2O. The molecular weight excluding hydrogens is 344 g/mol. The number of para-hydroxylation sites is 2. The van der Waals surface area contributed by atoms with E-state index in [1.54, 1.807) is 0 Å². The Morgan fingerprint density at radius 2 is 1.77 bits per heavy atom. The summed E-state index contributed by atoms with van der Waals surface area (Å²) in [6, 6.07) is 16.1.